The number of nitrogens with two attached hydrogens (primary N) is 1. The molecule has 0 fully saturated rings. The first-order valence-electron chi connectivity index (χ1n) is 6.68. The summed E-state index contributed by atoms with van der Waals surface area (Å²) in [5.74, 6) is -0.00862. The van der Waals surface area contributed by atoms with Crippen LogP contribution in [0.1, 0.15) is 18.1 Å². The number of carbonyl (C=O) groups is 1. The van der Waals surface area contributed by atoms with Crippen molar-refractivity contribution in [2.24, 2.45) is 5.73 Å². The predicted octanol–water partition coefficient (Wildman–Crippen LogP) is 1.26. The van der Waals surface area contributed by atoms with E-state index in [0.717, 1.165) is 11.1 Å². The number of aromatic nitrogens is 2. The number of imidazole rings is 1. The van der Waals surface area contributed by atoms with Crippen LogP contribution >= 0.6 is 12.2 Å². The van der Waals surface area contributed by atoms with Crippen LogP contribution in [0.4, 0.5) is 0 Å². The molecule has 110 valence electrons. The van der Waals surface area contributed by atoms with Crippen molar-refractivity contribution in [1.82, 2.24) is 14.9 Å². The molecule has 0 aliphatic carbocycles. The van der Waals surface area contributed by atoms with Crippen LogP contribution in [0.5, 0.6) is 0 Å². The highest BCUT2D eigenvalue weighted by molar-refractivity contribution is 7.80. The van der Waals surface area contributed by atoms with E-state index in [-0.39, 0.29) is 11.9 Å². The van der Waals surface area contributed by atoms with Gasteiger partial charge < -0.3 is 15.6 Å². The molecule has 0 aliphatic heterocycles. The molecule has 2 rings (SSSR count). The topological polar surface area (TPSA) is 72.9 Å². The van der Waals surface area contributed by atoms with Gasteiger partial charge >= 0.3 is 0 Å². The summed E-state index contributed by atoms with van der Waals surface area (Å²) in [5.41, 5.74) is 7.28. The average Bonchev–Trinajstić information content (AvgIpc) is 2.91. The standard InChI is InChI=1S/C15H18N4OS/c1-11(9-19-7-6-17-10-19)18-14(20)8-12-2-4-13(5-3-12)15(16)21/h2-7,10-11H,8-9H2,1H3,(H2,16,21)(H,18,20). The normalized spacial score (nSPS) is 11.9. The number of nitrogens with zero attached hydrogens (tertiary/aromatic N) is 2. The predicted molar refractivity (Wildman–Crippen MR) is 85.9 cm³/mol. The maximum absolute atomic E-state index is 12.0. The van der Waals surface area contributed by atoms with Gasteiger partial charge in [0, 0.05) is 30.5 Å². The minimum absolute atomic E-state index is 0.00862. The lowest BCUT2D eigenvalue weighted by atomic mass is 10.1. The molecule has 0 radical (unpaired) electrons. The molecule has 21 heavy (non-hydrogen) atoms. The molecule has 0 spiro atoms. The highest BCUT2D eigenvalue weighted by atomic mass is 32.1. The summed E-state index contributed by atoms with van der Waals surface area (Å²) in [7, 11) is 0. The first kappa shape index (κ1) is 15.2. The average molecular weight is 302 g/mol. The number of carbonyl (C=O) groups excluding carboxylic acids is 1. The molecule has 2 aromatic rings. The van der Waals surface area contributed by atoms with Crippen molar-refractivity contribution in [3.63, 3.8) is 0 Å². The molecule has 1 atom stereocenters. The zero-order chi connectivity index (χ0) is 15.2. The fourth-order valence-electron chi connectivity index (χ4n) is 2.05. The molecule has 1 aromatic heterocycles. The number of rotatable bonds is 6. The van der Waals surface area contributed by atoms with Crippen molar-refractivity contribution >= 4 is 23.1 Å². The van der Waals surface area contributed by atoms with E-state index in [1.807, 2.05) is 42.0 Å². The van der Waals surface area contributed by atoms with E-state index in [9.17, 15) is 4.79 Å². The smallest absolute Gasteiger partial charge is 0.224 e. The lowest BCUT2D eigenvalue weighted by Gasteiger charge is -2.14. The van der Waals surface area contributed by atoms with Crippen LogP contribution in [0.3, 0.4) is 0 Å². The Labute approximate surface area is 129 Å². The molecule has 0 saturated heterocycles. The van der Waals surface area contributed by atoms with E-state index >= 15 is 0 Å². The number of amides is 1. The van der Waals surface area contributed by atoms with Crippen LogP contribution in [0.15, 0.2) is 43.0 Å². The minimum Gasteiger partial charge on any atom is -0.389 e. The zero-order valence-corrected chi connectivity index (χ0v) is 12.6. The monoisotopic (exact) mass is 302 g/mol. The van der Waals surface area contributed by atoms with Crippen LogP contribution in [0.25, 0.3) is 0 Å². The lowest BCUT2D eigenvalue weighted by molar-refractivity contribution is -0.121. The molecule has 3 N–H and O–H groups in total. The summed E-state index contributed by atoms with van der Waals surface area (Å²) >= 11 is 4.90. The SMILES string of the molecule is CC(Cn1ccnc1)NC(=O)Cc1ccc(C(N)=S)cc1. The van der Waals surface area contributed by atoms with Gasteiger partial charge in [-0.15, -0.1) is 0 Å². The summed E-state index contributed by atoms with van der Waals surface area (Å²) in [4.78, 5) is 16.3. The van der Waals surface area contributed by atoms with Crippen LogP contribution in [0, 0.1) is 0 Å². The molecule has 0 bridgehead atoms. The van der Waals surface area contributed by atoms with Gasteiger partial charge in [0.2, 0.25) is 5.91 Å². The Morgan fingerprint density at radius 3 is 2.71 bits per heavy atom. The van der Waals surface area contributed by atoms with Gasteiger partial charge in [-0.3, -0.25) is 4.79 Å². The van der Waals surface area contributed by atoms with Gasteiger partial charge in [-0.05, 0) is 12.5 Å². The van der Waals surface area contributed by atoms with E-state index in [1.165, 1.54) is 0 Å². The highest BCUT2D eigenvalue weighted by Crippen LogP contribution is 2.05. The molecular weight excluding hydrogens is 284 g/mol. The van der Waals surface area contributed by atoms with Gasteiger partial charge in [0.25, 0.3) is 0 Å². The summed E-state index contributed by atoms with van der Waals surface area (Å²) in [6, 6.07) is 7.45. The van der Waals surface area contributed by atoms with E-state index < -0.39 is 0 Å². The van der Waals surface area contributed by atoms with Crippen molar-refractivity contribution in [2.45, 2.75) is 25.9 Å². The Hall–Kier alpha value is -2.21. The van der Waals surface area contributed by atoms with Crippen molar-refractivity contribution < 1.29 is 4.79 Å². The Morgan fingerprint density at radius 1 is 1.43 bits per heavy atom. The number of nitrogens with one attached hydrogen (secondary N) is 1. The highest BCUT2D eigenvalue weighted by Gasteiger charge is 2.09. The first-order valence-corrected chi connectivity index (χ1v) is 7.09. The van der Waals surface area contributed by atoms with E-state index in [0.29, 0.717) is 18.0 Å². The molecule has 1 aromatic carbocycles. The van der Waals surface area contributed by atoms with E-state index in [1.54, 1.807) is 12.5 Å². The summed E-state index contributed by atoms with van der Waals surface area (Å²) in [6.45, 7) is 2.67. The van der Waals surface area contributed by atoms with E-state index in [4.69, 9.17) is 18.0 Å². The number of hydrogen-bond donors (Lipinski definition) is 2. The van der Waals surface area contributed by atoms with Crippen molar-refractivity contribution in [2.75, 3.05) is 0 Å². The molecule has 0 saturated carbocycles. The van der Waals surface area contributed by atoms with Crippen LogP contribution in [0.2, 0.25) is 0 Å². The molecule has 0 aliphatic rings. The lowest BCUT2D eigenvalue weighted by Crippen LogP contribution is -2.36. The third-order valence-corrected chi connectivity index (χ3v) is 3.29. The Morgan fingerprint density at radius 2 is 2.14 bits per heavy atom. The van der Waals surface area contributed by atoms with Crippen molar-refractivity contribution in [3.05, 3.63) is 54.1 Å². The molecule has 1 heterocycles. The van der Waals surface area contributed by atoms with Gasteiger partial charge in [-0.1, -0.05) is 36.5 Å². The third kappa shape index (κ3) is 4.68. The fourth-order valence-corrected chi connectivity index (χ4v) is 2.19. The van der Waals surface area contributed by atoms with Gasteiger partial charge in [-0.25, -0.2) is 4.98 Å². The molecule has 6 heteroatoms. The fraction of sp³-hybridized carbons (Fsp3) is 0.267. The summed E-state index contributed by atoms with van der Waals surface area (Å²) in [6.07, 6.45) is 5.66. The maximum atomic E-state index is 12.0. The Bertz CT molecular complexity index is 607. The first-order chi connectivity index (χ1) is 10.0. The quantitative estimate of drug-likeness (QED) is 0.788. The Balaban J connectivity index is 1.84. The van der Waals surface area contributed by atoms with Crippen molar-refractivity contribution in [3.8, 4) is 0 Å². The van der Waals surface area contributed by atoms with E-state index in [2.05, 4.69) is 10.3 Å². The van der Waals surface area contributed by atoms with Gasteiger partial charge in [0.05, 0.1) is 12.7 Å². The summed E-state index contributed by atoms with van der Waals surface area (Å²) < 4.78 is 1.93. The van der Waals surface area contributed by atoms with Gasteiger partial charge in [-0.2, -0.15) is 0 Å². The van der Waals surface area contributed by atoms with Gasteiger partial charge in [0.15, 0.2) is 0 Å². The Kier molecular flexibility index (Phi) is 5.05. The van der Waals surface area contributed by atoms with Crippen LogP contribution in [-0.4, -0.2) is 26.5 Å². The third-order valence-electron chi connectivity index (χ3n) is 3.05. The molecular formula is C15H18N4OS. The number of hydrogen-bond acceptors (Lipinski definition) is 3. The molecule has 1 amide bonds. The molecule has 1 unspecified atom stereocenters. The second-order valence-electron chi connectivity index (χ2n) is 4.97. The minimum atomic E-state index is -0.00862. The second kappa shape index (κ2) is 6.99. The van der Waals surface area contributed by atoms with Crippen LogP contribution < -0.4 is 11.1 Å². The largest absolute Gasteiger partial charge is 0.389 e. The maximum Gasteiger partial charge on any atom is 0.224 e. The number of benzene rings is 1. The second-order valence-corrected chi connectivity index (χ2v) is 5.41. The molecule has 5 nitrogen and oxygen atoms in total. The summed E-state index contributed by atoms with van der Waals surface area (Å²) in [5, 5.41) is 2.97. The van der Waals surface area contributed by atoms with Gasteiger partial charge in [0.1, 0.15) is 4.99 Å². The van der Waals surface area contributed by atoms with Crippen molar-refractivity contribution in [1.29, 1.82) is 0 Å². The van der Waals surface area contributed by atoms with Crippen LogP contribution in [-0.2, 0) is 17.8 Å². The zero-order valence-electron chi connectivity index (χ0n) is 11.8. The number of thiocarbonyl (C=S) groups is 1.